The van der Waals surface area contributed by atoms with E-state index in [4.69, 9.17) is 38.1 Å². The smallest absolute Gasteiger partial charge is 0.335 e. The molecular formula is C34H37N3O12. The van der Waals surface area contributed by atoms with Crippen molar-refractivity contribution in [2.75, 3.05) is 47.2 Å². The van der Waals surface area contributed by atoms with Crippen molar-refractivity contribution in [2.24, 2.45) is 5.16 Å². The monoisotopic (exact) mass is 679 g/mol. The number of ether oxygens (including phenoxy) is 6. The maximum Gasteiger partial charge on any atom is 0.335 e. The van der Waals surface area contributed by atoms with Crippen molar-refractivity contribution < 1.29 is 57.9 Å². The SMILES string of the molecule is C=C(C)[C@H]1Cc2c(ccc(C3=NOC4COc5cc(OC)c(OC)cc5C34)c2OCC(=O)NCCOCCC(=O)On2c(O)ccc2O)O1. The maximum atomic E-state index is 12.9. The molecule has 0 saturated carbocycles. The van der Waals surface area contributed by atoms with Gasteiger partial charge in [-0.1, -0.05) is 11.7 Å². The van der Waals surface area contributed by atoms with Gasteiger partial charge in [-0.05, 0) is 30.7 Å². The van der Waals surface area contributed by atoms with E-state index in [-0.39, 0.29) is 57.5 Å². The van der Waals surface area contributed by atoms with Crippen molar-refractivity contribution in [3.8, 4) is 40.5 Å². The zero-order valence-electron chi connectivity index (χ0n) is 27.2. The van der Waals surface area contributed by atoms with E-state index < -0.39 is 23.6 Å². The van der Waals surface area contributed by atoms with Crippen LogP contribution in [0.2, 0.25) is 0 Å². The highest BCUT2D eigenvalue weighted by Gasteiger charge is 2.44. The number of hydrogen-bond acceptors (Lipinski definition) is 13. The van der Waals surface area contributed by atoms with Crippen LogP contribution in [0.4, 0.5) is 0 Å². The summed E-state index contributed by atoms with van der Waals surface area (Å²) in [6.45, 7) is 6.19. The molecule has 49 heavy (non-hydrogen) atoms. The van der Waals surface area contributed by atoms with Gasteiger partial charge in [0.1, 0.15) is 35.7 Å². The third-order valence-corrected chi connectivity index (χ3v) is 8.27. The standard InChI is InChI=1S/C34H37N3O12/c1-18(2)23-14-21-22(47-23)6-5-19(33-32-20-13-25(42-3)26(43-4)15-24(20)45-16-27(32)48-36-33)34(21)46-17-28(38)35-10-12-44-11-9-31(41)49-37-29(39)7-8-30(37)40/h5-8,13,15,23,27,32,39-40H,1,9-12,14,16-17H2,2-4H3,(H,35,38)/t23-,27?,32?/m1/s1. The number of methoxy groups -OCH3 is 2. The number of oxime groups is 1. The van der Waals surface area contributed by atoms with Gasteiger partial charge in [0.15, 0.2) is 24.2 Å². The minimum atomic E-state index is -0.727. The van der Waals surface area contributed by atoms with E-state index in [1.807, 2.05) is 25.1 Å². The zero-order valence-corrected chi connectivity index (χ0v) is 27.2. The highest BCUT2D eigenvalue weighted by atomic mass is 16.7. The molecule has 1 aromatic heterocycles. The number of nitrogens with zero attached hydrogens (tertiary/aromatic N) is 2. The number of nitrogens with one attached hydrogen (secondary N) is 1. The van der Waals surface area contributed by atoms with E-state index in [1.54, 1.807) is 20.3 Å². The van der Waals surface area contributed by atoms with Gasteiger partial charge < -0.3 is 53.6 Å². The summed E-state index contributed by atoms with van der Waals surface area (Å²) in [5.41, 5.74) is 3.74. The Morgan fingerprint density at radius 3 is 2.55 bits per heavy atom. The van der Waals surface area contributed by atoms with E-state index in [1.165, 1.54) is 12.1 Å². The minimum absolute atomic E-state index is 0.00341. The average molecular weight is 680 g/mol. The first-order valence-electron chi connectivity index (χ1n) is 15.6. The highest BCUT2D eigenvalue weighted by molar-refractivity contribution is 6.09. The number of carbonyl (C=O) groups excluding carboxylic acids is 2. The predicted octanol–water partition coefficient (Wildman–Crippen LogP) is 2.63. The molecule has 0 spiro atoms. The first-order chi connectivity index (χ1) is 23.7. The second kappa shape index (κ2) is 14.3. The van der Waals surface area contributed by atoms with E-state index in [0.717, 1.165) is 16.7 Å². The number of carbonyl (C=O) groups is 2. The van der Waals surface area contributed by atoms with Gasteiger partial charge in [-0.25, -0.2) is 4.79 Å². The van der Waals surface area contributed by atoms with Crippen LogP contribution in [0.25, 0.3) is 0 Å². The number of benzene rings is 2. The van der Waals surface area contributed by atoms with E-state index in [2.05, 4.69) is 17.1 Å². The van der Waals surface area contributed by atoms with E-state index in [9.17, 15) is 19.8 Å². The van der Waals surface area contributed by atoms with Crippen LogP contribution in [0.5, 0.6) is 40.5 Å². The number of fused-ring (bicyclic) bond motifs is 4. The molecule has 0 radical (unpaired) electrons. The predicted molar refractivity (Wildman–Crippen MR) is 172 cm³/mol. The summed E-state index contributed by atoms with van der Waals surface area (Å²) in [5.74, 6) is 0.530. The molecule has 260 valence electrons. The van der Waals surface area contributed by atoms with Crippen LogP contribution in [-0.2, 0) is 25.6 Å². The van der Waals surface area contributed by atoms with E-state index >= 15 is 0 Å². The summed E-state index contributed by atoms with van der Waals surface area (Å²) >= 11 is 0. The molecule has 3 aromatic rings. The fourth-order valence-electron chi connectivity index (χ4n) is 5.81. The molecule has 6 rings (SSSR count). The minimum Gasteiger partial charge on any atom is -0.493 e. The van der Waals surface area contributed by atoms with Crippen molar-refractivity contribution in [1.82, 2.24) is 10.0 Å². The molecule has 15 heteroatoms. The van der Waals surface area contributed by atoms with Crippen molar-refractivity contribution in [1.29, 1.82) is 0 Å². The van der Waals surface area contributed by atoms with Crippen LogP contribution in [-0.4, -0.2) is 91.9 Å². The Kier molecular flexibility index (Phi) is 9.71. The third-order valence-electron chi connectivity index (χ3n) is 8.27. The van der Waals surface area contributed by atoms with Crippen LogP contribution >= 0.6 is 0 Å². The Balaban J connectivity index is 1.11. The number of rotatable bonds is 14. The summed E-state index contributed by atoms with van der Waals surface area (Å²) in [6.07, 6.45) is -0.275. The van der Waals surface area contributed by atoms with Gasteiger partial charge in [-0.3, -0.25) is 4.79 Å². The molecule has 4 heterocycles. The number of hydrogen-bond donors (Lipinski definition) is 3. The molecular weight excluding hydrogens is 642 g/mol. The van der Waals surface area contributed by atoms with Gasteiger partial charge in [0.25, 0.3) is 5.91 Å². The Hall–Kier alpha value is -5.57. The molecule has 15 nitrogen and oxygen atoms in total. The summed E-state index contributed by atoms with van der Waals surface area (Å²) in [4.78, 5) is 35.5. The number of aromatic hydroxyl groups is 2. The number of aromatic nitrogens is 1. The zero-order chi connectivity index (χ0) is 34.7. The molecule has 0 aliphatic carbocycles. The molecule has 3 aliphatic heterocycles. The largest absolute Gasteiger partial charge is 0.493 e. The molecule has 0 fully saturated rings. The van der Waals surface area contributed by atoms with Gasteiger partial charge in [0, 0.05) is 47.9 Å². The molecule has 0 bridgehead atoms. The van der Waals surface area contributed by atoms with Crippen molar-refractivity contribution in [3.63, 3.8) is 0 Å². The topological polar surface area (TPSA) is 178 Å². The second-order valence-electron chi connectivity index (χ2n) is 11.5. The molecule has 3 atom stereocenters. The molecule has 3 N–H and O–H groups in total. The van der Waals surface area contributed by atoms with Crippen LogP contribution in [0.3, 0.4) is 0 Å². The van der Waals surface area contributed by atoms with Gasteiger partial charge in [-0.2, -0.15) is 0 Å². The molecule has 2 unspecified atom stereocenters. The highest BCUT2D eigenvalue weighted by Crippen LogP contribution is 2.48. The van der Waals surface area contributed by atoms with Crippen molar-refractivity contribution in [3.05, 3.63) is 65.2 Å². The number of amides is 1. The fourth-order valence-corrected chi connectivity index (χ4v) is 5.81. The Bertz CT molecular complexity index is 1760. The van der Waals surface area contributed by atoms with Gasteiger partial charge >= 0.3 is 5.97 Å². The summed E-state index contributed by atoms with van der Waals surface area (Å²) in [5, 5.41) is 26.4. The fraction of sp³-hybridized carbons (Fsp3) is 0.382. The lowest BCUT2D eigenvalue weighted by Crippen LogP contribution is -2.33. The third kappa shape index (κ3) is 6.88. The van der Waals surface area contributed by atoms with Gasteiger partial charge in [0.05, 0.1) is 39.8 Å². The normalized spacial score (nSPS) is 18.4. The van der Waals surface area contributed by atoms with Crippen molar-refractivity contribution >= 4 is 17.6 Å². The van der Waals surface area contributed by atoms with Crippen LogP contribution in [0, 0.1) is 0 Å². The molecule has 3 aliphatic rings. The summed E-state index contributed by atoms with van der Waals surface area (Å²) in [7, 11) is 3.13. The lowest BCUT2D eigenvalue weighted by Gasteiger charge is -2.29. The van der Waals surface area contributed by atoms with Crippen LogP contribution in [0.15, 0.2) is 53.7 Å². The first kappa shape index (κ1) is 33.3. The van der Waals surface area contributed by atoms with E-state index in [0.29, 0.717) is 51.2 Å². The molecule has 0 saturated heterocycles. The maximum absolute atomic E-state index is 12.9. The van der Waals surface area contributed by atoms with Crippen molar-refractivity contribution in [2.45, 2.75) is 37.9 Å². The lowest BCUT2D eigenvalue weighted by molar-refractivity contribution is -0.146. The van der Waals surface area contributed by atoms with Crippen LogP contribution in [0.1, 0.15) is 36.0 Å². The quantitative estimate of drug-likeness (QED) is 0.168. The van der Waals surface area contributed by atoms with Gasteiger partial charge in [0.2, 0.25) is 11.8 Å². The Labute approximate surface area is 281 Å². The Morgan fingerprint density at radius 1 is 1.06 bits per heavy atom. The first-order valence-corrected chi connectivity index (χ1v) is 15.6. The summed E-state index contributed by atoms with van der Waals surface area (Å²) < 4.78 is 35.4. The van der Waals surface area contributed by atoms with Gasteiger partial charge in [-0.15, -0.1) is 4.73 Å². The summed E-state index contributed by atoms with van der Waals surface area (Å²) in [6, 6.07) is 9.72. The van der Waals surface area contributed by atoms with Crippen LogP contribution < -0.4 is 33.8 Å². The molecule has 2 aromatic carbocycles. The average Bonchev–Trinajstić information content (AvgIpc) is 3.82. The molecule has 1 amide bonds. The lowest BCUT2D eigenvalue weighted by atomic mass is 9.83. The second-order valence-corrected chi connectivity index (χ2v) is 11.5. The Morgan fingerprint density at radius 2 is 1.82 bits per heavy atom.